The second-order valence-electron chi connectivity index (χ2n) is 4.28. The maximum Gasteiger partial charge on any atom is 0.203 e. The Bertz CT molecular complexity index is 710. The molecule has 0 bridgehead atoms. The number of nitriles is 1. The van der Waals surface area contributed by atoms with Gasteiger partial charge in [-0.2, -0.15) is 5.26 Å². The molecule has 0 amide bonds. The van der Waals surface area contributed by atoms with E-state index in [0.29, 0.717) is 5.56 Å². The highest BCUT2D eigenvalue weighted by molar-refractivity contribution is 9.10. The quantitative estimate of drug-likeness (QED) is 0.474. The van der Waals surface area contributed by atoms with E-state index in [2.05, 4.69) is 15.9 Å². The molecule has 0 spiro atoms. The molecule has 0 saturated heterocycles. The number of allylic oxidation sites excluding steroid dienone is 1. The van der Waals surface area contributed by atoms with Crippen LogP contribution in [0.5, 0.6) is 5.75 Å². The van der Waals surface area contributed by atoms with E-state index in [4.69, 9.17) is 4.74 Å². The van der Waals surface area contributed by atoms with E-state index in [1.165, 1.54) is 0 Å². The van der Waals surface area contributed by atoms with Crippen LogP contribution >= 0.6 is 15.9 Å². The van der Waals surface area contributed by atoms with E-state index in [1.54, 1.807) is 61.7 Å². The van der Waals surface area contributed by atoms with Gasteiger partial charge >= 0.3 is 0 Å². The number of ketones is 1. The topological polar surface area (TPSA) is 50.1 Å². The van der Waals surface area contributed by atoms with Crippen molar-refractivity contribution in [2.24, 2.45) is 0 Å². The number of methoxy groups -OCH3 is 1. The molecule has 104 valence electrons. The van der Waals surface area contributed by atoms with Gasteiger partial charge in [-0.05, 0) is 48.0 Å². The summed E-state index contributed by atoms with van der Waals surface area (Å²) in [6.07, 6.45) is 1.57. The number of carbonyl (C=O) groups excluding carboxylic acids is 1. The standard InChI is InChI=1S/C17H12BrNO2/c1-21-16-8-2-12(3-9-16)10-14(11-19)17(20)13-4-6-15(18)7-5-13/h2-10H,1H3. The Balaban J connectivity index is 2.29. The van der Waals surface area contributed by atoms with Crippen LogP contribution in [0.1, 0.15) is 15.9 Å². The molecule has 0 N–H and O–H groups in total. The van der Waals surface area contributed by atoms with Crippen molar-refractivity contribution >= 4 is 27.8 Å². The summed E-state index contributed by atoms with van der Waals surface area (Å²) in [5.41, 5.74) is 1.36. The molecule has 0 fully saturated rings. The molecule has 21 heavy (non-hydrogen) atoms. The van der Waals surface area contributed by atoms with Crippen LogP contribution < -0.4 is 4.74 Å². The van der Waals surface area contributed by atoms with Crippen LogP contribution in [-0.2, 0) is 0 Å². The molecule has 0 aliphatic heterocycles. The Kier molecular flexibility index (Phi) is 4.91. The number of carbonyl (C=O) groups is 1. The van der Waals surface area contributed by atoms with Crippen molar-refractivity contribution in [3.05, 3.63) is 69.7 Å². The number of halogens is 1. The maximum atomic E-state index is 12.3. The maximum absolute atomic E-state index is 12.3. The van der Waals surface area contributed by atoms with Crippen LogP contribution in [0.15, 0.2) is 58.6 Å². The number of ether oxygens (including phenoxy) is 1. The normalized spacial score (nSPS) is 10.8. The van der Waals surface area contributed by atoms with Crippen molar-refractivity contribution < 1.29 is 9.53 Å². The minimum atomic E-state index is -0.291. The van der Waals surface area contributed by atoms with Gasteiger partial charge < -0.3 is 4.74 Å². The van der Waals surface area contributed by atoms with Gasteiger partial charge in [0.05, 0.1) is 7.11 Å². The molecule has 0 atom stereocenters. The zero-order valence-corrected chi connectivity index (χ0v) is 12.9. The van der Waals surface area contributed by atoms with Gasteiger partial charge in [0.1, 0.15) is 17.4 Å². The molecule has 4 heteroatoms. The minimum Gasteiger partial charge on any atom is -0.497 e. The van der Waals surface area contributed by atoms with Gasteiger partial charge in [0.15, 0.2) is 0 Å². The van der Waals surface area contributed by atoms with Crippen molar-refractivity contribution in [2.45, 2.75) is 0 Å². The smallest absolute Gasteiger partial charge is 0.203 e. The first kappa shape index (κ1) is 15.0. The Morgan fingerprint density at radius 2 is 1.76 bits per heavy atom. The molecular weight excluding hydrogens is 330 g/mol. The summed E-state index contributed by atoms with van der Waals surface area (Å²) in [7, 11) is 1.59. The lowest BCUT2D eigenvalue weighted by atomic mass is 10.0. The second-order valence-corrected chi connectivity index (χ2v) is 5.19. The Labute approximate surface area is 131 Å². The predicted molar refractivity (Wildman–Crippen MR) is 85.1 cm³/mol. The average Bonchev–Trinajstić information content (AvgIpc) is 2.53. The molecule has 2 aromatic rings. The summed E-state index contributed by atoms with van der Waals surface area (Å²) in [5, 5.41) is 9.20. The monoisotopic (exact) mass is 341 g/mol. The van der Waals surface area contributed by atoms with Crippen molar-refractivity contribution in [3.8, 4) is 11.8 Å². The van der Waals surface area contributed by atoms with Gasteiger partial charge in [0, 0.05) is 10.0 Å². The zero-order valence-electron chi connectivity index (χ0n) is 11.3. The second kappa shape index (κ2) is 6.87. The van der Waals surface area contributed by atoms with Crippen LogP contribution in [0.2, 0.25) is 0 Å². The van der Waals surface area contributed by atoms with Crippen molar-refractivity contribution in [3.63, 3.8) is 0 Å². The largest absolute Gasteiger partial charge is 0.497 e. The molecule has 0 aliphatic rings. The van der Waals surface area contributed by atoms with Gasteiger partial charge in [-0.1, -0.05) is 28.1 Å². The summed E-state index contributed by atoms with van der Waals surface area (Å²) >= 11 is 3.31. The van der Waals surface area contributed by atoms with Crippen LogP contribution in [0.4, 0.5) is 0 Å². The summed E-state index contributed by atoms with van der Waals surface area (Å²) in [6.45, 7) is 0. The first-order chi connectivity index (χ1) is 10.1. The van der Waals surface area contributed by atoms with Crippen LogP contribution in [-0.4, -0.2) is 12.9 Å². The molecule has 2 aromatic carbocycles. The van der Waals surface area contributed by atoms with Crippen molar-refractivity contribution in [1.82, 2.24) is 0 Å². The Morgan fingerprint density at radius 1 is 1.14 bits per heavy atom. The first-order valence-corrected chi connectivity index (χ1v) is 6.99. The number of benzene rings is 2. The van der Waals surface area contributed by atoms with Crippen molar-refractivity contribution in [2.75, 3.05) is 7.11 Å². The summed E-state index contributed by atoms with van der Waals surface area (Å²) in [4.78, 5) is 12.3. The molecular formula is C17H12BrNO2. The molecule has 2 rings (SSSR count). The van der Waals surface area contributed by atoms with Gasteiger partial charge in [-0.3, -0.25) is 4.79 Å². The highest BCUT2D eigenvalue weighted by atomic mass is 79.9. The molecule has 0 aliphatic carbocycles. The SMILES string of the molecule is COc1ccc(C=C(C#N)C(=O)c2ccc(Br)cc2)cc1. The third kappa shape index (κ3) is 3.80. The number of nitrogens with zero attached hydrogens (tertiary/aromatic N) is 1. The number of hydrogen-bond donors (Lipinski definition) is 0. The predicted octanol–water partition coefficient (Wildman–Crippen LogP) is 4.25. The van der Waals surface area contributed by atoms with E-state index in [1.807, 2.05) is 6.07 Å². The average molecular weight is 342 g/mol. The lowest BCUT2D eigenvalue weighted by Crippen LogP contribution is -2.01. The third-order valence-corrected chi connectivity index (χ3v) is 3.43. The van der Waals surface area contributed by atoms with E-state index in [9.17, 15) is 10.1 Å². The number of Topliss-reactive ketones (excluding diaryl/α,β-unsaturated/α-hetero) is 1. The summed E-state index contributed by atoms with van der Waals surface area (Å²) < 4.78 is 5.96. The fourth-order valence-corrected chi connectivity index (χ4v) is 2.04. The van der Waals surface area contributed by atoms with E-state index >= 15 is 0 Å². The lowest BCUT2D eigenvalue weighted by molar-refractivity contribution is 0.104. The molecule has 0 aromatic heterocycles. The first-order valence-electron chi connectivity index (χ1n) is 6.20. The van der Waals surface area contributed by atoms with Gasteiger partial charge in [-0.25, -0.2) is 0 Å². The summed E-state index contributed by atoms with van der Waals surface area (Å²) in [5.74, 6) is 0.436. The Morgan fingerprint density at radius 3 is 2.29 bits per heavy atom. The highest BCUT2D eigenvalue weighted by Crippen LogP contribution is 2.17. The zero-order chi connectivity index (χ0) is 15.2. The van der Waals surface area contributed by atoms with Gasteiger partial charge in [-0.15, -0.1) is 0 Å². The van der Waals surface area contributed by atoms with E-state index in [-0.39, 0.29) is 11.4 Å². The fourth-order valence-electron chi connectivity index (χ4n) is 1.77. The molecule has 0 radical (unpaired) electrons. The van der Waals surface area contributed by atoms with Crippen LogP contribution in [0.3, 0.4) is 0 Å². The lowest BCUT2D eigenvalue weighted by Gasteiger charge is -2.02. The van der Waals surface area contributed by atoms with E-state index < -0.39 is 0 Å². The Hall–Kier alpha value is -2.38. The molecule has 0 unspecified atom stereocenters. The van der Waals surface area contributed by atoms with Gasteiger partial charge in [0.25, 0.3) is 0 Å². The fraction of sp³-hybridized carbons (Fsp3) is 0.0588. The molecule has 0 saturated carbocycles. The molecule has 3 nitrogen and oxygen atoms in total. The third-order valence-electron chi connectivity index (χ3n) is 2.90. The van der Waals surface area contributed by atoms with Crippen molar-refractivity contribution in [1.29, 1.82) is 5.26 Å². The minimum absolute atomic E-state index is 0.0995. The van der Waals surface area contributed by atoms with Crippen LogP contribution in [0, 0.1) is 11.3 Å². The molecule has 0 heterocycles. The highest BCUT2D eigenvalue weighted by Gasteiger charge is 2.11. The van der Waals surface area contributed by atoms with Crippen LogP contribution in [0.25, 0.3) is 6.08 Å². The van der Waals surface area contributed by atoms with Gasteiger partial charge in [0.2, 0.25) is 5.78 Å². The number of hydrogen-bond acceptors (Lipinski definition) is 3. The van der Waals surface area contributed by atoms with E-state index in [0.717, 1.165) is 15.8 Å². The number of rotatable bonds is 4. The summed E-state index contributed by atoms with van der Waals surface area (Å²) in [6, 6.07) is 16.0.